The Bertz CT molecular complexity index is 792. The molecule has 2 unspecified atom stereocenters. The van der Waals surface area contributed by atoms with Gasteiger partial charge in [-0.1, -0.05) is 111 Å². The second-order valence-corrected chi connectivity index (χ2v) is 8.95. The van der Waals surface area contributed by atoms with E-state index in [1.165, 1.54) is 69.8 Å². The Hall–Kier alpha value is -2.08. The first-order chi connectivity index (χ1) is 14.8. The van der Waals surface area contributed by atoms with Crippen LogP contribution in [0.2, 0.25) is 0 Å². The van der Waals surface area contributed by atoms with Crippen LogP contribution >= 0.6 is 0 Å². The second-order valence-electron chi connectivity index (χ2n) is 8.95. The van der Waals surface area contributed by atoms with E-state index >= 15 is 0 Å². The number of hydrogen-bond donors (Lipinski definition) is 1. The molecule has 1 N–H and O–H groups in total. The second kappa shape index (κ2) is 10.8. The Morgan fingerprint density at radius 1 is 0.633 bits per heavy atom. The molecule has 0 radical (unpaired) electrons. The van der Waals surface area contributed by atoms with Gasteiger partial charge in [-0.3, -0.25) is 4.90 Å². The minimum atomic E-state index is -0.739. The standard InChI is InChI=1S/C28H35NO/c30-28(24-15-7-2-8-16-24)22-21-27(23-13-5-1-6-14-23)29(25-17-9-3-10-18-25)26-19-11-4-12-20-26/h1-2,5-8,13-16,25-28,30H,3-4,9-12,17-20H2. The zero-order valence-electron chi connectivity index (χ0n) is 18.0. The number of aliphatic hydroxyl groups is 1. The first-order valence-electron chi connectivity index (χ1n) is 11.9. The topological polar surface area (TPSA) is 23.5 Å². The molecule has 2 aromatic carbocycles. The van der Waals surface area contributed by atoms with Gasteiger partial charge in [-0.2, -0.15) is 0 Å². The van der Waals surface area contributed by atoms with Gasteiger partial charge in [-0.25, -0.2) is 0 Å². The van der Waals surface area contributed by atoms with Crippen LogP contribution in [-0.4, -0.2) is 22.1 Å². The molecule has 0 bridgehead atoms. The Morgan fingerprint density at radius 2 is 1.10 bits per heavy atom. The van der Waals surface area contributed by atoms with Crippen molar-refractivity contribution in [1.82, 2.24) is 4.90 Å². The summed E-state index contributed by atoms with van der Waals surface area (Å²) in [5.74, 6) is 6.77. The molecule has 0 heterocycles. The largest absolute Gasteiger partial charge is 0.376 e. The summed E-state index contributed by atoms with van der Waals surface area (Å²) in [5.41, 5.74) is 2.14. The molecule has 158 valence electrons. The zero-order chi connectivity index (χ0) is 20.6. The molecule has 2 aromatic rings. The third-order valence-corrected chi connectivity index (χ3v) is 6.88. The Balaban J connectivity index is 1.68. The van der Waals surface area contributed by atoms with Crippen molar-refractivity contribution in [3.63, 3.8) is 0 Å². The molecule has 2 nitrogen and oxygen atoms in total. The summed E-state index contributed by atoms with van der Waals surface area (Å²) in [6.45, 7) is 0. The van der Waals surface area contributed by atoms with Crippen molar-refractivity contribution in [2.75, 3.05) is 0 Å². The van der Waals surface area contributed by atoms with Crippen molar-refractivity contribution in [2.45, 2.75) is 88.4 Å². The molecule has 0 aromatic heterocycles. The highest BCUT2D eigenvalue weighted by Crippen LogP contribution is 2.36. The maximum atomic E-state index is 10.7. The maximum Gasteiger partial charge on any atom is 0.140 e. The van der Waals surface area contributed by atoms with Crippen LogP contribution in [0, 0.1) is 11.8 Å². The molecule has 0 amide bonds. The molecule has 2 heteroatoms. The lowest BCUT2D eigenvalue weighted by Gasteiger charge is -2.44. The van der Waals surface area contributed by atoms with E-state index in [1.54, 1.807) is 0 Å². The lowest BCUT2D eigenvalue weighted by Crippen LogP contribution is -2.47. The lowest BCUT2D eigenvalue weighted by atomic mass is 9.86. The van der Waals surface area contributed by atoms with E-state index in [9.17, 15) is 5.11 Å². The van der Waals surface area contributed by atoms with Crippen LogP contribution in [0.3, 0.4) is 0 Å². The predicted molar refractivity (Wildman–Crippen MR) is 124 cm³/mol. The fourth-order valence-corrected chi connectivity index (χ4v) is 5.32. The van der Waals surface area contributed by atoms with Crippen LogP contribution in [-0.2, 0) is 0 Å². The van der Waals surface area contributed by atoms with E-state index < -0.39 is 6.10 Å². The van der Waals surface area contributed by atoms with E-state index in [2.05, 4.69) is 47.1 Å². The van der Waals surface area contributed by atoms with Crippen molar-refractivity contribution in [1.29, 1.82) is 0 Å². The Kier molecular flexibility index (Phi) is 7.62. The summed E-state index contributed by atoms with van der Waals surface area (Å²) in [6.07, 6.45) is 12.4. The molecule has 2 aliphatic rings. The number of hydrogen-bond acceptors (Lipinski definition) is 2. The molecule has 4 rings (SSSR count). The minimum Gasteiger partial charge on any atom is -0.376 e. The van der Waals surface area contributed by atoms with E-state index in [0.29, 0.717) is 12.1 Å². The summed E-state index contributed by atoms with van der Waals surface area (Å²) in [6, 6.07) is 21.8. The number of benzene rings is 2. The van der Waals surface area contributed by atoms with Crippen molar-refractivity contribution >= 4 is 0 Å². The van der Waals surface area contributed by atoms with Gasteiger partial charge in [0.2, 0.25) is 0 Å². The van der Waals surface area contributed by atoms with Crippen LogP contribution in [0.1, 0.15) is 87.5 Å². The van der Waals surface area contributed by atoms with Gasteiger partial charge in [0, 0.05) is 12.1 Å². The van der Waals surface area contributed by atoms with Crippen LogP contribution in [0.4, 0.5) is 0 Å². The molecule has 0 spiro atoms. The van der Waals surface area contributed by atoms with Crippen LogP contribution in [0.15, 0.2) is 60.7 Å². The monoisotopic (exact) mass is 401 g/mol. The summed E-state index contributed by atoms with van der Waals surface area (Å²) in [7, 11) is 0. The number of aliphatic hydroxyl groups excluding tert-OH is 1. The van der Waals surface area contributed by atoms with E-state index in [-0.39, 0.29) is 6.04 Å². The average Bonchev–Trinajstić information content (AvgIpc) is 2.84. The number of rotatable bonds is 5. The summed E-state index contributed by atoms with van der Waals surface area (Å²) in [4.78, 5) is 2.76. The van der Waals surface area contributed by atoms with Gasteiger partial charge in [0.15, 0.2) is 0 Å². The van der Waals surface area contributed by atoms with Gasteiger partial charge in [0.05, 0.1) is 6.04 Å². The minimum absolute atomic E-state index is 0.0516. The van der Waals surface area contributed by atoms with Crippen molar-refractivity contribution < 1.29 is 5.11 Å². The first-order valence-corrected chi connectivity index (χ1v) is 11.9. The molecular formula is C28H35NO. The third-order valence-electron chi connectivity index (χ3n) is 6.88. The lowest BCUT2D eigenvalue weighted by molar-refractivity contribution is 0.0577. The molecule has 2 fully saturated rings. The molecule has 2 aliphatic carbocycles. The van der Waals surface area contributed by atoms with Crippen molar-refractivity contribution in [3.05, 3.63) is 71.8 Å². The quantitative estimate of drug-likeness (QED) is 0.583. The summed E-state index contributed by atoms with van der Waals surface area (Å²) < 4.78 is 0. The molecule has 2 saturated carbocycles. The van der Waals surface area contributed by atoms with Gasteiger partial charge in [-0.05, 0) is 36.8 Å². The van der Waals surface area contributed by atoms with Gasteiger partial charge < -0.3 is 5.11 Å². The van der Waals surface area contributed by atoms with Crippen LogP contribution < -0.4 is 0 Å². The summed E-state index contributed by atoms with van der Waals surface area (Å²) >= 11 is 0. The normalized spacial score (nSPS) is 20.3. The number of nitrogens with zero attached hydrogens (tertiary/aromatic N) is 1. The summed E-state index contributed by atoms with van der Waals surface area (Å²) in [5, 5.41) is 10.7. The van der Waals surface area contributed by atoms with Gasteiger partial charge in [0.25, 0.3) is 0 Å². The highest BCUT2D eigenvalue weighted by atomic mass is 16.3. The molecule has 2 atom stereocenters. The Labute approximate surface area is 182 Å². The first kappa shape index (κ1) is 21.2. The van der Waals surface area contributed by atoms with Gasteiger partial charge >= 0.3 is 0 Å². The molecule has 30 heavy (non-hydrogen) atoms. The van der Waals surface area contributed by atoms with E-state index in [0.717, 1.165) is 5.56 Å². The van der Waals surface area contributed by atoms with Gasteiger partial charge in [-0.15, -0.1) is 0 Å². The predicted octanol–water partition coefficient (Wildman–Crippen LogP) is 6.43. The van der Waals surface area contributed by atoms with Gasteiger partial charge in [0.1, 0.15) is 6.10 Å². The van der Waals surface area contributed by atoms with Crippen LogP contribution in [0.25, 0.3) is 0 Å². The maximum absolute atomic E-state index is 10.7. The third kappa shape index (κ3) is 5.34. The van der Waals surface area contributed by atoms with Crippen molar-refractivity contribution in [2.24, 2.45) is 0 Å². The van der Waals surface area contributed by atoms with E-state index in [4.69, 9.17) is 0 Å². The molecule has 0 saturated heterocycles. The SMILES string of the molecule is OC(C#CC(c1ccccc1)N(C1CCCCC1)C1CCCCC1)c1ccccc1. The average molecular weight is 402 g/mol. The zero-order valence-corrected chi connectivity index (χ0v) is 18.0. The van der Waals surface area contributed by atoms with E-state index in [1.807, 2.05) is 30.3 Å². The Morgan fingerprint density at radius 3 is 1.60 bits per heavy atom. The highest BCUT2D eigenvalue weighted by molar-refractivity contribution is 5.31. The fourth-order valence-electron chi connectivity index (χ4n) is 5.32. The molecule has 0 aliphatic heterocycles. The van der Waals surface area contributed by atoms with Crippen molar-refractivity contribution in [3.8, 4) is 11.8 Å². The van der Waals surface area contributed by atoms with Crippen LogP contribution in [0.5, 0.6) is 0 Å². The molecular weight excluding hydrogens is 366 g/mol. The smallest absolute Gasteiger partial charge is 0.140 e. The highest BCUT2D eigenvalue weighted by Gasteiger charge is 2.34. The fraction of sp³-hybridized carbons (Fsp3) is 0.500.